The van der Waals surface area contributed by atoms with Gasteiger partial charge in [0, 0.05) is 6.42 Å². The first-order valence-electron chi connectivity index (χ1n) is 8.87. The maximum atomic E-state index is 12.9. The van der Waals surface area contributed by atoms with Crippen LogP contribution < -0.4 is 4.74 Å². The smallest absolute Gasteiger partial charge is 0.270 e. The molecule has 0 radical (unpaired) electrons. The van der Waals surface area contributed by atoms with Gasteiger partial charge in [-0.2, -0.15) is 0 Å². The lowest BCUT2D eigenvalue weighted by atomic mass is 10.1. The zero-order valence-corrected chi connectivity index (χ0v) is 14.7. The van der Waals surface area contributed by atoms with Crippen LogP contribution in [0.1, 0.15) is 24.0 Å². The molecular formula is C22H20N2O2. The summed E-state index contributed by atoms with van der Waals surface area (Å²) < 4.78 is 7.48. The van der Waals surface area contributed by atoms with Gasteiger partial charge in [-0.15, -0.1) is 0 Å². The van der Waals surface area contributed by atoms with Gasteiger partial charge in [0.25, 0.3) is 5.91 Å². The number of para-hydroxylation sites is 2. The molecule has 4 nitrogen and oxygen atoms in total. The van der Waals surface area contributed by atoms with Crippen molar-refractivity contribution in [2.45, 2.75) is 19.8 Å². The van der Waals surface area contributed by atoms with Crippen LogP contribution in [0.15, 0.2) is 66.7 Å². The minimum Gasteiger partial charge on any atom is -0.484 e. The topological polar surface area (TPSA) is 44.1 Å². The van der Waals surface area contributed by atoms with E-state index >= 15 is 0 Å². The summed E-state index contributed by atoms with van der Waals surface area (Å²) in [6.07, 6.45) is 1.69. The Morgan fingerprint density at radius 3 is 2.62 bits per heavy atom. The summed E-state index contributed by atoms with van der Waals surface area (Å²) in [5.41, 5.74) is 1.68. The molecule has 0 aliphatic carbocycles. The van der Waals surface area contributed by atoms with Gasteiger partial charge in [0.1, 0.15) is 11.6 Å². The SMILES string of the molecule is CCCc1nc2ccccc2n1C(=O)COc1ccc2ccccc2c1. The molecule has 4 heteroatoms. The fourth-order valence-electron chi connectivity index (χ4n) is 3.21. The molecule has 26 heavy (non-hydrogen) atoms. The van der Waals surface area contributed by atoms with Crippen molar-refractivity contribution in [3.05, 3.63) is 72.6 Å². The number of benzene rings is 3. The largest absolute Gasteiger partial charge is 0.484 e. The average Bonchev–Trinajstić information content (AvgIpc) is 3.04. The van der Waals surface area contributed by atoms with Crippen LogP contribution in [0.2, 0.25) is 0 Å². The molecule has 1 heterocycles. The van der Waals surface area contributed by atoms with E-state index in [4.69, 9.17) is 4.74 Å². The van der Waals surface area contributed by atoms with Crippen molar-refractivity contribution in [1.82, 2.24) is 9.55 Å². The van der Waals surface area contributed by atoms with E-state index in [0.717, 1.165) is 40.5 Å². The lowest BCUT2D eigenvalue weighted by molar-refractivity contribution is 0.0839. The van der Waals surface area contributed by atoms with Gasteiger partial charge in [-0.1, -0.05) is 49.4 Å². The summed E-state index contributed by atoms with van der Waals surface area (Å²) in [6, 6.07) is 21.7. The van der Waals surface area contributed by atoms with Crippen LogP contribution in [0.4, 0.5) is 0 Å². The Hall–Kier alpha value is -3.14. The molecule has 0 aliphatic heterocycles. The Morgan fingerprint density at radius 1 is 1.00 bits per heavy atom. The normalized spacial score (nSPS) is 11.1. The van der Waals surface area contributed by atoms with Crippen LogP contribution in [0.25, 0.3) is 21.8 Å². The lowest BCUT2D eigenvalue weighted by Gasteiger charge is -2.10. The molecule has 0 saturated heterocycles. The van der Waals surface area contributed by atoms with E-state index < -0.39 is 0 Å². The molecule has 4 rings (SSSR count). The van der Waals surface area contributed by atoms with Gasteiger partial charge >= 0.3 is 0 Å². The first kappa shape index (κ1) is 16.3. The molecular weight excluding hydrogens is 324 g/mol. The summed E-state index contributed by atoms with van der Waals surface area (Å²) in [7, 11) is 0. The fraction of sp³-hybridized carbons (Fsp3) is 0.182. The fourth-order valence-corrected chi connectivity index (χ4v) is 3.21. The summed E-state index contributed by atoms with van der Waals surface area (Å²) >= 11 is 0. The Balaban J connectivity index is 1.59. The van der Waals surface area contributed by atoms with Gasteiger partial charge in [0.05, 0.1) is 11.0 Å². The van der Waals surface area contributed by atoms with Crippen LogP contribution in [0.3, 0.4) is 0 Å². The van der Waals surface area contributed by atoms with E-state index in [2.05, 4.69) is 18.0 Å². The highest BCUT2D eigenvalue weighted by molar-refractivity contribution is 5.92. The van der Waals surface area contributed by atoms with E-state index in [9.17, 15) is 4.79 Å². The molecule has 0 bridgehead atoms. The molecule has 4 aromatic rings. The van der Waals surface area contributed by atoms with Gasteiger partial charge in [-0.05, 0) is 41.5 Å². The number of hydrogen-bond donors (Lipinski definition) is 0. The molecule has 0 N–H and O–H groups in total. The van der Waals surface area contributed by atoms with Crippen LogP contribution in [-0.4, -0.2) is 22.1 Å². The summed E-state index contributed by atoms with van der Waals surface area (Å²) in [4.78, 5) is 17.5. The molecule has 0 unspecified atom stereocenters. The van der Waals surface area contributed by atoms with Gasteiger partial charge < -0.3 is 4.74 Å². The van der Waals surface area contributed by atoms with Crippen molar-refractivity contribution >= 4 is 27.7 Å². The number of ether oxygens (including phenoxy) is 1. The number of imidazole rings is 1. The number of carbonyl (C=O) groups is 1. The maximum Gasteiger partial charge on any atom is 0.270 e. The van der Waals surface area contributed by atoms with Crippen molar-refractivity contribution < 1.29 is 9.53 Å². The first-order chi connectivity index (χ1) is 12.8. The standard InChI is InChI=1S/C22H20N2O2/c1-2-7-21-23-19-10-5-6-11-20(19)24(21)22(25)15-26-18-13-12-16-8-3-4-9-17(16)14-18/h3-6,8-14H,2,7,15H2,1H3. The van der Waals surface area contributed by atoms with Gasteiger partial charge in [0.15, 0.2) is 6.61 Å². The van der Waals surface area contributed by atoms with Crippen LogP contribution >= 0.6 is 0 Å². The molecule has 130 valence electrons. The summed E-state index contributed by atoms with van der Waals surface area (Å²) in [5, 5.41) is 2.24. The molecule has 0 amide bonds. The molecule has 0 spiro atoms. The average molecular weight is 344 g/mol. The van der Waals surface area contributed by atoms with Gasteiger partial charge in [0.2, 0.25) is 0 Å². The molecule has 0 atom stereocenters. The van der Waals surface area contributed by atoms with E-state index in [1.807, 2.05) is 60.7 Å². The first-order valence-corrected chi connectivity index (χ1v) is 8.87. The molecule has 0 fully saturated rings. The minimum atomic E-state index is -0.102. The van der Waals surface area contributed by atoms with E-state index in [1.165, 1.54) is 0 Å². The molecule has 0 aliphatic rings. The maximum absolute atomic E-state index is 12.9. The summed E-state index contributed by atoms with van der Waals surface area (Å²) in [6.45, 7) is 2.06. The molecule has 1 aromatic heterocycles. The minimum absolute atomic E-state index is 0.0184. The Labute approximate surface area is 152 Å². The second kappa shape index (κ2) is 7.00. The van der Waals surface area contributed by atoms with Crippen molar-refractivity contribution in [2.75, 3.05) is 6.61 Å². The van der Waals surface area contributed by atoms with Crippen molar-refractivity contribution in [1.29, 1.82) is 0 Å². The number of aromatic nitrogens is 2. The number of rotatable bonds is 5. The highest BCUT2D eigenvalue weighted by Crippen LogP contribution is 2.21. The van der Waals surface area contributed by atoms with Crippen molar-refractivity contribution in [3.8, 4) is 5.75 Å². The summed E-state index contributed by atoms with van der Waals surface area (Å²) in [5.74, 6) is 1.38. The van der Waals surface area contributed by atoms with Crippen molar-refractivity contribution in [2.24, 2.45) is 0 Å². The third-order valence-corrected chi connectivity index (χ3v) is 4.44. The number of carbonyl (C=O) groups excluding carboxylic acids is 1. The predicted octanol–water partition coefficient (Wildman–Crippen LogP) is 4.86. The van der Waals surface area contributed by atoms with Gasteiger partial charge in [-0.3, -0.25) is 9.36 Å². The highest BCUT2D eigenvalue weighted by Gasteiger charge is 2.16. The Bertz CT molecular complexity index is 1080. The number of fused-ring (bicyclic) bond motifs is 2. The Kier molecular flexibility index (Phi) is 4.40. The van der Waals surface area contributed by atoms with E-state index in [0.29, 0.717) is 5.75 Å². The molecule has 0 saturated carbocycles. The van der Waals surface area contributed by atoms with E-state index in [1.54, 1.807) is 4.57 Å². The zero-order chi connectivity index (χ0) is 17.9. The monoisotopic (exact) mass is 344 g/mol. The number of hydrogen-bond acceptors (Lipinski definition) is 3. The number of nitrogens with zero attached hydrogens (tertiary/aromatic N) is 2. The zero-order valence-electron chi connectivity index (χ0n) is 14.7. The Morgan fingerprint density at radius 2 is 1.77 bits per heavy atom. The van der Waals surface area contributed by atoms with Crippen molar-refractivity contribution in [3.63, 3.8) is 0 Å². The van der Waals surface area contributed by atoms with Crippen LogP contribution in [0, 0.1) is 0 Å². The van der Waals surface area contributed by atoms with Crippen LogP contribution in [-0.2, 0) is 6.42 Å². The number of aryl methyl sites for hydroxylation is 1. The second-order valence-electron chi connectivity index (χ2n) is 6.29. The van der Waals surface area contributed by atoms with Crippen LogP contribution in [0.5, 0.6) is 5.75 Å². The third kappa shape index (κ3) is 3.06. The van der Waals surface area contributed by atoms with E-state index in [-0.39, 0.29) is 12.5 Å². The highest BCUT2D eigenvalue weighted by atomic mass is 16.5. The second-order valence-corrected chi connectivity index (χ2v) is 6.29. The quantitative estimate of drug-likeness (QED) is 0.519. The van der Waals surface area contributed by atoms with Gasteiger partial charge in [-0.25, -0.2) is 4.98 Å². The lowest BCUT2D eigenvalue weighted by Crippen LogP contribution is -2.21. The third-order valence-electron chi connectivity index (χ3n) is 4.44. The molecule has 3 aromatic carbocycles. The predicted molar refractivity (Wildman–Crippen MR) is 104 cm³/mol.